The number of hydrogen-bond donors (Lipinski definition) is 1. The fourth-order valence-electron chi connectivity index (χ4n) is 0.554. The Labute approximate surface area is 61.8 Å². The van der Waals surface area contributed by atoms with Crippen molar-refractivity contribution in [2.75, 3.05) is 6.79 Å². The summed E-state index contributed by atoms with van der Waals surface area (Å²) < 4.78 is 4.86. The van der Waals surface area contributed by atoms with Gasteiger partial charge in [0.15, 0.2) is 6.79 Å². The predicted molar refractivity (Wildman–Crippen MR) is 41.4 cm³/mol. The lowest BCUT2D eigenvalue weighted by Crippen LogP contribution is -1.91. The Morgan fingerprint density at radius 3 is 2.70 bits per heavy atom. The Morgan fingerprint density at radius 1 is 1.60 bits per heavy atom. The number of hydrogen-bond acceptors (Lipinski definition) is 2. The zero-order chi connectivity index (χ0) is 7.82. The van der Waals surface area contributed by atoms with Crippen LogP contribution in [0.5, 0.6) is 0 Å². The van der Waals surface area contributed by atoms with Gasteiger partial charge in [0.25, 0.3) is 0 Å². The van der Waals surface area contributed by atoms with Gasteiger partial charge in [-0.1, -0.05) is 19.1 Å². The van der Waals surface area contributed by atoms with E-state index in [1.807, 2.05) is 32.1 Å². The van der Waals surface area contributed by atoms with Gasteiger partial charge < -0.3 is 9.84 Å². The largest absolute Gasteiger partial charge is 0.472 e. The van der Waals surface area contributed by atoms with E-state index in [0.29, 0.717) is 0 Å². The fraction of sp³-hybridized carbons (Fsp3) is 0.500. The van der Waals surface area contributed by atoms with Crippen LogP contribution in [-0.4, -0.2) is 11.9 Å². The second-order valence-corrected chi connectivity index (χ2v) is 1.79. The minimum Gasteiger partial charge on any atom is -0.472 e. The Hall–Kier alpha value is -0.760. The first-order chi connectivity index (χ1) is 4.85. The molecule has 0 rings (SSSR count). The first-order valence-electron chi connectivity index (χ1n) is 3.40. The fourth-order valence-corrected chi connectivity index (χ4v) is 0.554. The van der Waals surface area contributed by atoms with E-state index in [1.165, 1.54) is 0 Å². The lowest BCUT2D eigenvalue weighted by molar-refractivity contribution is 0.0391. The lowest BCUT2D eigenvalue weighted by Gasteiger charge is -2.02. The van der Waals surface area contributed by atoms with Gasteiger partial charge in [-0.2, -0.15) is 0 Å². The average molecular weight is 142 g/mol. The maximum Gasteiger partial charge on any atom is 0.185 e. The molecule has 0 unspecified atom stereocenters. The third kappa shape index (κ3) is 4.15. The van der Waals surface area contributed by atoms with Crippen molar-refractivity contribution in [3.63, 3.8) is 0 Å². The molecule has 0 atom stereocenters. The topological polar surface area (TPSA) is 29.5 Å². The van der Waals surface area contributed by atoms with Gasteiger partial charge >= 0.3 is 0 Å². The second-order valence-electron chi connectivity index (χ2n) is 1.79. The van der Waals surface area contributed by atoms with E-state index in [0.717, 1.165) is 12.2 Å². The van der Waals surface area contributed by atoms with Crippen molar-refractivity contribution in [2.45, 2.75) is 20.3 Å². The zero-order valence-electron chi connectivity index (χ0n) is 6.50. The minimum atomic E-state index is -0.239. The normalized spacial score (nSPS) is 12.5. The molecule has 2 nitrogen and oxygen atoms in total. The maximum atomic E-state index is 8.38. The molecule has 58 valence electrons. The van der Waals surface area contributed by atoms with Crippen LogP contribution in [0, 0.1) is 0 Å². The van der Waals surface area contributed by atoms with E-state index in [9.17, 15) is 0 Å². The van der Waals surface area contributed by atoms with E-state index in [2.05, 4.69) is 0 Å². The number of aliphatic hydroxyl groups excluding tert-OH is 1. The van der Waals surface area contributed by atoms with Crippen molar-refractivity contribution in [1.29, 1.82) is 0 Å². The van der Waals surface area contributed by atoms with Crippen molar-refractivity contribution in [3.8, 4) is 0 Å². The van der Waals surface area contributed by atoms with E-state index >= 15 is 0 Å². The molecule has 0 saturated carbocycles. The van der Waals surface area contributed by atoms with Crippen LogP contribution in [0.15, 0.2) is 24.0 Å². The summed E-state index contributed by atoms with van der Waals surface area (Å²) in [6, 6.07) is 0. The molecule has 0 aliphatic rings. The summed E-state index contributed by atoms with van der Waals surface area (Å²) in [6.07, 6.45) is 6.45. The third-order valence-electron chi connectivity index (χ3n) is 1.07. The molecule has 0 aliphatic carbocycles. The van der Waals surface area contributed by atoms with Gasteiger partial charge in [0.1, 0.15) is 0 Å². The molecule has 0 heterocycles. The molecule has 1 N–H and O–H groups in total. The predicted octanol–water partition coefficient (Wildman–Crippen LogP) is 1.82. The molecule has 10 heavy (non-hydrogen) atoms. The molecule has 0 fully saturated rings. The van der Waals surface area contributed by atoms with Gasteiger partial charge in [-0.05, 0) is 13.0 Å². The molecule has 0 aromatic carbocycles. The molecular weight excluding hydrogens is 128 g/mol. The second kappa shape index (κ2) is 6.36. The summed E-state index contributed by atoms with van der Waals surface area (Å²) >= 11 is 0. The molecule has 2 heteroatoms. The molecule has 0 bridgehead atoms. The molecule has 0 spiro atoms. The Bertz CT molecular complexity index is 125. The van der Waals surface area contributed by atoms with Crippen LogP contribution in [0.1, 0.15) is 20.3 Å². The highest BCUT2D eigenvalue weighted by atomic mass is 16.6. The SMILES string of the molecule is C/C=C/C=C(\CC)OCO. The van der Waals surface area contributed by atoms with Crippen LogP contribution < -0.4 is 0 Å². The smallest absolute Gasteiger partial charge is 0.185 e. The van der Waals surface area contributed by atoms with Crippen LogP contribution >= 0.6 is 0 Å². The third-order valence-corrected chi connectivity index (χ3v) is 1.07. The van der Waals surface area contributed by atoms with E-state index in [-0.39, 0.29) is 6.79 Å². The number of ether oxygens (including phenoxy) is 1. The number of rotatable bonds is 4. The van der Waals surface area contributed by atoms with Crippen LogP contribution in [0.4, 0.5) is 0 Å². The summed E-state index contributed by atoms with van der Waals surface area (Å²) in [5, 5.41) is 8.38. The Kier molecular flexibility index (Phi) is 5.88. The van der Waals surface area contributed by atoms with Crippen LogP contribution in [-0.2, 0) is 4.74 Å². The monoisotopic (exact) mass is 142 g/mol. The summed E-state index contributed by atoms with van der Waals surface area (Å²) in [4.78, 5) is 0. The summed E-state index contributed by atoms with van der Waals surface area (Å²) in [7, 11) is 0. The van der Waals surface area contributed by atoms with E-state index < -0.39 is 0 Å². The first kappa shape index (κ1) is 9.24. The van der Waals surface area contributed by atoms with Crippen LogP contribution in [0.3, 0.4) is 0 Å². The van der Waals surface area contributed by atoms with Crippen molar-refractivity contribution in [1.82, 2.24) is 0 Å². The Morgan fingerprint density at radius 2 is 2.30 bits per heavy atom. The molecule has 0 aromatic heterocycles. The van der Waals surface area contributed by atoms with Crippen LogP contribution in [0.25, 0.3) is 0 Å². The van der Waals surface area contributed by atoms with Crippen molar-refractivity contribution < 1.29 is 9.84 Å². The molecular formula is C8H14O2. The van der Waals surface area contributed by atoms with Gasteiger partial charge in [0.2, 0.25) is 0 Å². The highest BCUT2D eigenvalue weighted by Crippen LogP contribution is 2.01. The first-order valence-corrected chi connectivity index (χ1v) is 3.40. The van der Waals surface area contributed by atoms with Gasteiger partial charge in [-0.3, -0.25) is 0 Å². The van der Waals surface area contributed by atoms with E-state index in [1.54, 1.807) is 0 Å². The average Bonchev–Trinajstić information content (AvgIpc) is 1.98. The summed E-state index contributed by atoms with van der Waals surface area (Å²) in [6.45, 7) is 3.67. The van der Waals surface area contributed by atoms with Crippen molar-refractivity contribution >= 4 is 0 Å². The molecule has 0 saturated heterocycles. The quantitative estimate of drug-likeness (QED) is 0.368. The van der Waals surface area contributed by atoms with Crippen molar-refractivity contribution in [2.24, 2.45) is 0 Å². The van der Waals surface area contributed by atoms with Gasteiger partial charge in [0.05, 0.1) is 5.76 Å². The summed E-state index contributed by atoms with van der Waals surface area (Å²) in [5.41, 5.74) is 0. The lowest BCUT2D eigenvalue weighted by atomic mass is 10.3. The summed E-state index contributed by atoms with van der Waals surface area (Å²) in [5.74, 6) is 0.806. The van der Waals surface area contributed by atoms with Gasteiger partial charge in [-0.25, -0.2) is 0 Å². The standard InChI is InChI=1S/C8H14O2/c1-3-5-6-8(4-2)10-7-9/h3,5-6,9H,4,7H2,1-2H3/b5-3+,8-6+. The number of allylic oxidation sites excluding steroid dienone is 4. The maximum absolute atomic E-state index is 8.38. The van der Waals surface area contributed by atoms with Crippen LogP contribution in [0.2, 0.25) is 0 Å². The van der Waals surface area contributed by atoms with Crippen molar-refractivity contribution in [3.05, 3.63) is 24.0 Å². The van der Waals surface area contributed by atoms with Gasteiger partial charge in [-0.15, -0.1) is 0 Å². The molecule has 0 aliphatic heterocycles. The minimum absolute atomic E-state index is 0.239. The van der Waals surface area contributed by atoms with Gasteiger partial charge in [0, 0.05) is 6.42 Å². The molecule has 0 amide bonds. The highest BCUT2D eigenvalue weighted by molar-refractivity contribution is 5.06. The Balaban J connectivity index is 3.78. The highest BCUT2D eigenvalue weighted by Gasteiger charge is 1.88. The molecule has 0 aromatic rings. The zero-order valence-corrected chi connectivity index (χ0v) is 6.50. The van der Waals surface area contributed by atoms with E-state index in [4.69, 9.17) is 9.84 Å². The number of aliphatic hydroxyl groups is 1. The molecule has 0 radical (unpaired) electrons.